The lowest BCUT2D eigenvalue weighted by Crippen LogP contribution is -2.43. The van der Waals surface area contributed by atoms with Crippen LogP contribution >= 0.6 is 0 Å². The minimum atomic E-state index is -3.30. The summed E-state index contributed by atoms with van der Waals surface area (Å²) in [4.78, 5) is 0. The van der Waals surface area contributed by atoms with Gasteiger partial charge < -0.3 is 10.8 Å². The van der Waals surface area contributed by atoms with Gasteiger partial charge in [0.05, 0.1) is 11.9 Å². The third-order valence-electron chi connectivity index (χ3n) is 2.44. The minimum Gasteiger partial charge on any atom is -0.395 e. The van der Waals surface area contributed by atoms with Crippen LogP contribution in [0.15, 0.2) is 0 Å². The first-order valence-electron chi connectivity index (χ1n) is 4.85. The van der Waals surface area contributed by atoms with Crippen molar-refractivity contribution in [3.63, 3.8) is 0 Å². The van der Waals surface area contributed by atoms with Crippen molar-refractivity contribution in [3.8, 4) is 0 Å². The lowest BCUT2D eigenvalue weighted by molar-refractivity contribution is 0.249. The summed E-state index contributed by atoms with van der Waals surface area (Å²) in [7, 11) is -3.30. The topological polar surface area (TPSA) is 83.6 Å². The van der Waals surface area contributed by atoms with Crippen LogP contribution in [0.5, 0.6) is 0 Å². The van der Waals surface area contributed by atoms with E-state index in [1.807, 2.05) is 0 Å². The van der Waals surface area contributed by atoms with Gasteiger partial charge in [0.15, 0.2) is 0 Å². The van der Waals surface area contributed by atoms with Crippen LogP contribution < -0.4 is 5.73 Å². The fraction of sp³-hybridized carbons (Fsp3) is 1.00. The Balaban J connectivity index is 2.75. The predicted molar refractivity (Wildman–Crippen MR) is 54.3 cm³/mol. The zero-order valence-corrected chi connectivity index (χ0v) is 9.20. The molecule has 0 spiro atoms. The molecule has 14 heavy (non-hydrogen) atoms. The quantitative estimate of drug-likeness (QED) is 0.611. The van der Waals surface area contributed by atoms with Crippen LogP contribution in [0.4, 0.5) is 0 Å². The lowest BCUT2D eigenvalue weighted by Gasteiger charge is -2.24. The number of hydrogen-bond donors (Lipinski definition) is 2. The first-order valence-corrected chi connectivity index (χ1v) is 6.36. The van der Waals surface area contributed by atoms with E-state index < -0.39 is 15.3 Å². The Labute approximate surface area is 84.9 Å². The summed E-state index contributed by atoms with van der Waals surface area (Å²) in [6.45, 7) is 1.78. The van der Waals surface area contributed by atoms with E-state index >= 15 is 0 Å². The van der Waals surface area contributed by atoms with Crippen molar-refractivity contribution in [3.05, 3.63) is 0 Å². The molecule has 0 bridgehead atoms. The molecule has 0 aromatic heterocycles. The first-order chi connectivity index (χ1) is 6.54. The van der Waals surface area contributed by atoms with Gasteiger partial charge >= 0.3 is 0 Å². The first kappa shape index (κ1) is 11.9. The van der Waals surface area contributed by atoms with Gasteiger partial charge in [-0.1, -0.05) is 0 Å². The molecule has 1 atom stereocenters. The zero-order chi connectivity index (χ0) is 10.8. The number of nitrogens with two attached hydrogens (primary N) is 1. The molecular weight excluding hydrogens is 204 g/mol. The van der Waals surface area contributed by atoms with Gasteiger partial charge in [0, 0.05) is 19.1 Å². The highest BCUT2D eigenvalue weighted by Gasteiger charge is 2.38. The van der Waals surface area contributed by atoms with Crippen molar-refractivity contribution in [1.29, 1.82) is 0 Å². The Morgan fingerprint density at radius 2 is 2.14 bits per heavy atom. The molecule has 0 saturated heterocycles. The van der Waals surface area contributed by atoms with E-state index in [0.29, 0.717) is 0 Å². The molecular formula is C8H18N2O3S. The average Bonchev–Trinajstić information content (AvgIpc) is 2.95. The Hall–Kier alpha value is -0.170. The van der Waals surface area contributed by atoms with Gasteiger partial charge in [-0.15, -0.1) is 0 Å². The Kier molecular flexibility index (Phi) is 3.88. The highest BCUT2D eigenvalue weighted by molar-refractivity contribution is 7.89. The van der Waals surface area contributed by atoms with E-state index in [1.54, 1.807) is 6.92 Å². The molecule has 0 aromatic carbocycles. The summed E-state index contributed by atoms with van der Waals surface area (Å²) in [5.74, 6) is 0. The molecule has 0 radical (unpaired) electrons. The number of sulfonamides is 1. The van der Waals surface area contributed by atoms with Crippen molar-refractivity contribution in [1.82, 2.24) is 4.31 Å². The molecule has 84 valence electrons. The van der Waals surface area contributed by atoms with Crippen LogP contribution in [0.3, 0.4) is 0 Å². The van der Waals surface area contributed by atoms with E-state index in [0.717, 1.165) is 12.8 Å². The Morgan fingerprint density at radius 1 is 1.57 bits per heavy atom. The fourth-order valence-electron chi connectivity index (χ4n) is 1.33. The second-order valence-corrected chi connectivity index (χ2v) is 5.96. The van der Waals surface area contributed by atoms with Crippen molar-refractivity contribution in [2.75, 3.05) is 19.7 Å². The SMILES string of the molecule is CC(CN)S(=O)(=O)N(CCO)C1CC1. The molecule has 1 saturated carbocycles. The standard InChI is InChI=1S/C8H18N2O3S/c1-7(6-9)14(12,13)10(4-5-11)8-2-3-8/h7-8,11H,2-6,9H2,1H3. The maximum Gasteiger partial charge on any atom is 0.218 e. The normalized spacial score (nSPS) is 20.0. The second-order valence-electron chi connectivity index (χ2n) is 3.66. The second kappa shape index (κ2) is 4.57. The van der Waals surface area contributed by atoms with Gasteiger partial charge in [0.1, 0.15) is 0 Å². The number of nitrogens with zero attached hydrogens (tertiary/aromatic N) is 1. The van der Waals surface area contributed by atoms with Gasteiger partial charge in [-0.25, -0.2) is 8.42 Å². The van der Waals surface area contributed by atoms with E-state index in [9.17, 15) is 8.42 Å². The van der Waals surface area contributed by atoms with Gasteiger partial charge in [0.2, 0.25) is 10.0 Å². The number of aliphatic hydroxyl groups is 1. The molecule has 0 aromatic rings. The maximum atomic E-state index is 11.9. The van der Waals surface area contributed by atoms with Crippen LogP contribution in [-0.4, -0.2) is 48.8 Å². The fourth-order valence-corrected chi connectivity index (χ4v) is 3.00. The van der Waals surface area contributed by atoms with Crippen molar-refractivity contribution < 1.29 is 13.5 Å². The van der Waals surface area contributed by atoms with Crippen LogP contribution in [-0.2, 0) is 10.0 Å². The Bertz CT molecular complexity index is 274. The summed E-state index contributed by atoms with van der Waals surface area (Å²) in [5, 5.41) is 8.23. The molecule has 1 rings (SSSR count). The van der Waals surface area contributed by atoms with Crippen LogP contribution in [0.2, 0.25) is 0 Å². The molecule has 0 heterocycles. The molecule has 1 unspecified atom stereocenters. The molecule has 1 aliphatic carbocycles. The summed E-state index contributed by atoms with van der Waals surface area (Å²) >= 11 is 0. The van der Waals surface area contributed by atoms with Crippen LogP contribution in [0.25, 0.3) is 0 Å². The molecule has 5 nitrogen and oxygen atoms in total. The smallest absolute Gasteiger partial charge is 0.218 e. The molecule has 1 aliphatic rings. The third-order valence-corrected chi connectivity index (χ3v) is 4.79. The zero-order valence-electron chi connectivity index (χ0n) is 8.39. The van der Waals surface area contributed by atoms with E-state index in [-0.39, 0.29) is 25.7 Å². The van der Waals surface area contributed by atoms with Crippen molar-refractivity contribution in [2.45, 2.75) is 31.1 Å². The van der Waals surface area contributed by atoms with Crippen molar-refractivity contribution >= 4 is 10.0 Å². The summed E-state index contributed by atoms with van der Waals surface area (Å²) in [6, 6.07) is 0.0983. The average molecular weight is 222 g/mol. The summed E-state index contributed by atoms with van der Waals surface area (Å²) in [5.41, 5.74) is 5.34. The number of aliphatic hydroxyl groups excluding tert-OH is 1. The van der Waals surface area contributed by atoms with E-state index in [2.05, 4.69) is 0 Å². The molecule has 6 heteroatoms. The number of rotatable bonds is 6. The third kappa shape index (κ3) is 2.44. The van der Waals surface area contributed by atoms with Crippen LogP contribution in [0, 0.1) is 0 Å². The molecule has 3 N–H and O–H groups in total. The van der Waals surface area contributed by atoms with Gasteiger partial charge in [-0.2, -0.15) is 4.31 Å². The maximum absolute atomic E-state index is 11.9. The molecule has 0 aliphatic heterocycles. The summed E-state index contributed by atoms with van der Waals surface area (Å²) < 4.78 is 25.1. The number of hydrogen-bond acceptors (Lipinski definition) is 4. The predicted octanol–water partition coefficient (Wildman–Crippen LogP) is -0.880. The molecule has 1 fully saturated rings. The Morgan fingerprint density at radius 3 is 2.50 bits per heavy atom. The monoisotopic (exact) mass is 222 g/mol. The lowest BCUT2D eigenvalue weighted by atomic mass is 10.5. The van der Waals surface area contributed by atoms with E-state index in [1.165, 1.54) is 4.31 Å². The molecule has 0 amide bonds. The van der Waals surface area contributed by atoms with Gasteiger partial charge in [-0.05, 0) is 19.8 Å². The minimum absolute atomic E-state index is 0.0983. The highest BCUT2D eigenvalue weighted by Crippen LogP contribution is 2.30. The summed E-state index contributed by atoms with van der Waals surface area (Å²) in [6.07, 6.45) is 1.80. The highest BCUT2D eigenvalue weighted by atomic mass is 32.2. The van der Waals surface area contributed by atoms with Crippen molar-refractivity contribution in [2.24, 2.45) is 5.73 Å². The van der Waals surface area contributed by atoms with Gasteiger partial charge in [-0.3, -0.25) is 0 Å². The van der Waals surface area contributed by atoms with Crippen LogP contribution in [0.1, 0.15) is 19.8 Å². The van der Waals surface area contributed by atoms with E-state index in [4.69, 9.17) is 10.8 Å². The van der Waals surface area contributed by atoms with Gasteiger partial charge in [0.25, 0.3) is 0 Å². The largest absolute Gasteiger partial charge is 0.395 e.